The molecule has 1 rings (SSSR count). The lowest BCUT2D eigenvalue weighted by atomic mass is 9.95. The van der Waals surface area contributed by atoms with Crippen LogP contribution in [0, 0.1) is 19.8 Å². The second kappa shape index (κ2) is 17.8. The first kappa shape index (κ1) is 27.6. The Morgan fingerprint density at radius 2 is 1.82 bits per heavy atom. The lowest BCUT2D eigenvalue weighted by Gasteiger charge is -2.10. The minimum absolute atomic E-state index is 0.419. The van der Waals surface area contributed by atoms with E-state index in [2.05, 4.69) is 88.4 Å². The Morgan fingerprint density at radius 1 is 1.18 bits per heavy atom. The van der Waals surface area contributed by atoms with Crippen LogP contribution in [0.2, 0.25) is 0 Å². The van der Waals surface area contributed by atoms with E-state index in [0.717, 1.165) is 30.4 Å². The quantitative estimate of drug-likeness (QED) is 0.217. The summed E-state index contributed by atoms with van der Waals surface area (Å²) in [5.74, 6) is -0.419. The highest BCUT2D eigenvalue weighted by molar-refractivity contribution is 5.61. The van der Waals surface area contributed by atoms with E-state index in [1.54, 1.807) is 0 Å². The van der Waals surface area contributed by atoms with Crippen LogP contribution in [0.5, 0.6) is 0 Å². The van der Waals surface area contributed by atoms with Crippen LogP contribution in [0.15, 0.2) is 77.7 Å². The fourth-order valence-corrected chi connectivity index (χ4v) is 2.66. The molecular formula is C26H36FN. The number of rotatable bonds is 8. The Hall–Kier alpha value is -2.63. The fourth-order valence-electron chi connectivity index (χ4n) is 2.66. The SMILES string of the molecule is C#C.C=C(F)\C=C/C(=C(\C)CCC/C=C\C)C(/C)=C/c1cccc(C)c1.CN. The fraction of sp³-hybridized carbons (Fsp3) is 0.308. The van der Waals surface area contributed by atoms with Crippen LogP contribution in [0.25, 0.3) is 6.08 Å². The van der Waals surface area contributed by atoms with E-state index >= 15 is 0 Å². The van der Waals surface area contributed by atoms with Gasteiger partial charge in [0.2, 0.25) is 0 Å². The summed E-state index contributed by atoms with van der Waals surface area (Å²) in [5.41, 5.74) is 10.4. The number of allylic oxidation sites excluding steroid dienone is 8. The van der Waals surface area contributed by atoms with E-state index in [1.807, 2.05) is 13.0 Å². The number of aryl methyl sites for hydroxylation is 1. The molecule has 1 aromatic rings. The summed E-state index contributed by atoms with van der Waals surface area (Å²) in [4.78, 5) is 0. The van der Waals surface area contributed by atoms with Gasteiger partial charge in [0.25, 0.3) is 0 Å². The van der Waals surface area contributed by atoms with Crippen molar-refractivity contribution in [2.45, 2.75) is 47.0 Å². The van der Waals surface area contributed by atoms with Crippen LogP contribution in [-0.2, 0) is 0 Å². The van der Waals surface area contributed by atoms with E-state index in [9.17, 15) is 4.39 Å². The van der Waals surface area contributed by atoms with Crippen LogP contribution < -0.4 is 5.73 Å². The smallest absolute Gasteiger partial charge is 0.116 e. The molecule has 0 heterocycles. The molecule has 0 amide bonds. The molecule has 0 saturated carbocycles. The number of unbranched alkanes of at least 4 members (excludes halogenated alkanes) is 1. The third-order valence-corrected chi connectivity index (χ3v) is 3.90. The van der Waals surface area contributed by atoms with Gasteiger partial charge in [0.1, 0.15) is 5.83 Å². The molecule has 0 aliphatic heterocycles. The molecule has 0 saturated heterocycles. The van der Waals surface area contributed by atoms with Gasteiger partial charge in [0.05, 0.1) is 0 Å². The second-order valence-electron chi connectivity index (χ2n) is 6.18. The van der Waals surface area contributed by atoms with Gasteiger partial charge in [-0.2, -0.15) is 0 Å². The first-order valence-electron chi connectivity index (χ1n) is 9.44. The van der Waals surface area contributed by atoms with Gasteiger partial charge in [-0.15, -0.1) is 12.8 Å². The molecule has 0 aliphatic carbocycles. The topological polar surface area (TPSA) is 26.0 Å². The molecule has 0 radical (unpaired) electrons. The van der Waals surface area contributed by atoms with Crippen molar-refractivity contribution < 1.29 is 4.39 Å². The first-order valence-corrected chi connectivity index (χ1v) is 9.44. The lowest BCUT2D eigenvalue weighted by Crippen LogP contribution is -1.90. The monoisotopic (exact) mass is 381 g/mol. The van der Waals surface area contributed by atoms with Crippen molar-refractivity contribution in [2.24, 2.45) is 5.73 Å². The Morgan fingerprint density at radius 3 is 2.36 bits per heavy atom. The molecule has 0 aliphatic rings. The summed E-state index contributed by atoms with van der Waals surface area (Å²) in [5, 5.41) is 0. The number of nitrogens with two attached hydrogens (primary N) is 1. The van der Waals surface area contributed by atoms with Gasteiger partial charge < -0.3 is 5.73 Å². The highest BCUT2D eigenvalue weighted by Gasteiger charge is 2.03. The van der Waals surface area contributed by atoms with Crippen LogP contribution in [-0.4, -0.2) is 7.05 Å². The predicted molar refractivity (Wildman–Crippen MR) is 126 cm³/mol. The zero-order chi connectivity index (χ0) is 21.9. The zero-order valence-electron chi connectivity index (χ0n) is 18.1. The van der Waals surface area contributed by atoms with Gasteiger partial charge in [-0.05, 0) is 76.8 Å². The average molecular weight is 382 g/mol. The summed E-state index contributed by atoms with van der Waals surface area (Å²) in [6, 6.07) is 8.39. The van der Waals surface area contributed by atoms with Gasteiger partial charge in [-0.3, -0.25) is 0 Å². The van der Waals surface area contributed by atoms with Gasteiger partial charge in [-0.25, -0.2) is 4.39 Å². The number of terminal acetylenes is 1. The first-order chi connectivity index (χ1) is 13.4. The summed E-state index contributed by atoms with van der Waals surface area (Å²) in [6.45, 7) is 11.7. The number of hydrogen-bond donors (Lipinski definition) is 1. The third kappa shape index (κ3) is 12.7. The minimum Gasteiger partial charge on any atom is -0.333 e. The molecule has 0 atom stereocenters. The lowest BCUT2D eigenvalue weighted by molar-refractivity contribution is 0.671. The maximum absolute atomic E-state index is 13.1. The van der Waals surface area contributed by atoms with Gasteiger partial charge >= 0.3 is 0 Å². The maximum atomic E-state index is 13.1. The van der Waals surface area contributed by atoms with E-state index in [0.29, 0.717) is 0 Å². The molecule has 0 unspecified atom stereocenters. The summed E-state index contributed by atoms with van der Waals surface area (Å²) in [6.07, 6.45) is 20.9. The number of halogens is 1. The average Bonchev–Trinajstić information content (AvgIpc) is 2.68. The van der Waals surface area contributed by atoms with Crippen LogP contribution >= 0.6 is 0 Å². The molecule has 0 spiro atoms. The molecule has 0 bridgehead atoms. The largest absolute Gasteiger partial charge is 0.333 e. The molecule has 0 aromatic heterocycles. The van der Waals surface area contributed by atoms with Crippen LogP contribution in [0.3, 0.4) is 0 Å². The normalized spacial score (nSPS) is 12.0. The van der Waals surface area contributed by atoms with E-state index in [-0.39, 0.29) is 0 Å². The maximum Gasteiger partial charge on any atom is 0.116 e. The van der Waals surface area contributed by atoms with E-state index in [4.69, 9.17) is 0 Å². The van der Waals surface area contributed by atoms with Crippen LogP contribution in [0.1, 0.15) is 51.2 Å². The molecule has 1 nitrogen and oxygen atoms in total. The van der Waals surface area contributed by atoms with Crippen LogP contribution in [0.4, 0.5) is 4.39 Å². The van der Waals surface area contributed by atoms with Crippen molar-refractivity contribution in [1.82, 2.24) is 0 Å². The molecule has 0 fully saturated rings. The standard InChI is InChI=1S/C23H29F.C2H2.CH5N/c1-6-7-8-9-12-19(3)23(15-14-21(5)24)20(4)17-22-13-10-11-18(2)16-22;2*1-2/h6-7,10-11,13-17H,5,8-9,12H2,1-4H3;1-2H;2H2,1H3/b7-6-,15-14-,20-17+,23-19-;;. The Labute approximate surface area is 172 Å². The second-order valence-corrected chi connectivity index (χ2v) is 6.18. The molecule has 2 N–H and O–H groups in total. The Kier molecular flexibility index (Phi) is 17.5. The molecule has 28 heavy (non-hydrogen) atoms. The molecule has 1 aromatic carbocycles. The number of benzene rings is 1. The third-order valence-electron chi connectivity index (χ3n) is 3.90. The molecule has 152 valence electrons. The number of hydrogen-bond acceptors (Lipinski definition) is 1. The van der Waals surface area contributed by atoms with E-state index < -0.39 is 5.83 Å². The van der Waals surface area contributed by atoms with Crippen molar-refractivity contribution in [1.29, 1.82) is 0 Å². The Bertz CT molecular complexity index is 715. The Balaban J connectivity index is 0. The van der Waals surface area contributed by atoms with Crippen molar-refractivity contribution in [2.75, 3.05) is 7.05 Å². The van der Waals surface area contributed by atoms with Gasteiger partial charge in [-0.1, -0.05) is 66.3 Å². The summed E-state index contributed by atoms with van der Waals surface area (Å²) in [7, 11) is 1.50. The van der Waals surface area contributed by atoms with Crippen molar-refractivity contribution in [3.8, 4) is 12.8 Å². The summed E-state index contributed by atoms with van der Waals surface area (Å²) < 4.78 is 13.1. The highest BCUT2D eigenvalue weighted by Crippen LogP contribution is 2.23. The van der Waals surface area contributed by atoms with Crippen molar-refractivity contribution >= 4 is 6.08 Å². The van der Waals surface area contributed by atoms with Gasteiger partial charge in [0.15, 0.2) is 0 Å². The predicted octanol–water partition coefficient (Wildman–Crippen LogP) is 7.32. The zero-order valence-corrected chi connectivity index (χ0v) is 18.1. The van der Waals surface area contributed by atoms with Crippen molar-refractivity contribution in [3.05, 3.63) is 88.8 Å². The summed E-state index contributed by atoms with van der Waals surface area (Å²) >= 11 is 0. The van der Waals surface area contributed by atoms with Crippen molar-refractivity contribution in [3.63, 3.8) is 0 Å². The minimum atomic E-state index is -0.419. The highest BCUT2D eigenvalue weighted by atomic mass is 19.1. The molecule has 2 heteroatoms. The van der Waals surface area contributed by atoms with E-state index in [1.165, 1.54) is 29.8 Å². The molecular weight excluding hydrogens is 345 g/mol. The van der Waals surface area contributed by atoms with Gasteiger partial charge in [0, 0.05) is 0 Å².